The maximum atomic E-state index is 13.5. The number of aryl methyl sites for hydroxylation is 3. The maximum absolute atomic E-state index is 13.5. The van der Waals surface area contributed by atoms with Crippen LogP contribution in [0.4, 0.5) is 10.1 Å². The smallest absolute Gasteiger partial charge is 0.253 e. The number of hydrogen-bond donors (Lipinski definition) is 2. The van der Waals surface area contributed by atoms with Gasteiger partial charge in [-0.15, -0.1) is 0 Å². The van der Waals surface area contributed by atoms with Gasteiger partial charge in [-0.1, -0.05) is 49.4 Å². The molecule has 1 heterocycles. The van der Waals surface area contributed by atoms with Gasteiger partial charge in [0.25, 0.3) is 5.56 Å². The fourth-order valence-corrected chi connectivity index (χ4v) is 4.29. The van der Waals surface area contributed by atoms with Crippen LogP contribution in [0.5, 0.6) is 0 Å². The lowest BCUT2D eigenvalue weighted by molar-refractivity contribution is 0.411. The van der Waals surface area contributed by atoms with Crippen molar-refractivity contribution in [3.05, 3.63) is 111 Å². The number of halogens is 1. The van der Waals surface area contributed by atoms with Crippen LogP contribution in [0.25, 0.3) is 10.9 Å². The number of thiocarbonyl (C=S) groups is 1. The number of benzene rings is 3. The first-order valence-corrected chi connectivity index (χ1v) is 11.8. The maximum Gasteiger partial charge on any atom is 0.253 e. The van der Waals surface area contributed by atoms with Gasteiger partial charge in [0.15, 0.2) is 5.11 Å². The highest BCUT2D eigenvalue weighted by Gasteiger charge is 2.16. The van der Waals surface area contributed by atoms with E-state index in [0.717, 1.165) is 45.3 Å². The number of nitrogens with one attached hydrogen (secondary N) is 2. The molecule has 0 spiro atoms. The number of H-pyrrole nitrogens is 1. The monoisotopic (exact) mass is 473 g/mol. The van der Waals surface area contributed by atoms with Gasteiger partial charge < -0.3 is 15.2 Å². The molecule has 0 unspecified atom stereocenters. The highest BCUT2D eigenvalue weighted by atomic mass is 32.1. The molecule has 4 rings (SSSR count). The van der Waals surface area contributed by atoms with Crippen molar-refractivity contribution in [2.24, 2.45) is 0 Å². The summed E-state index contributed by atoms with van der Waals surface area (Å²) in [6, 6.07) is 20.4. The summed E-state index contributed by atoms with van der Waals surface area (Å²) in [6.07, 6.45) is 0.868. The summed E-state index contributed by atoms with van der Waals surface area (Å²) in [5.74, 6) is -0.287. The Labute approximate surface area is 204 Å². The second kappa shape index (κ2) is 10.2. The van der Waals surface area contributed by atoms with E-state index in [-0.39, 0.29) is 11.4 Å². The third kappa shape index (κ3) is 5.18. The molecule has 0 aliphatic rings. The van der Waals surface area contributed by atoms with Gasteiger partial charge in [-0.25, -0.2) is 4.39 Å². The number of pyridine rings is 1. The average Bonchev–Trinajstić information content (AvgIpc) is 2.83. The fraction of sp³-hybridized carbons (Fsp3) is 0.214. The van der Waals surface area contributed by atoms with Gasteiger partial charge in [-0.2, -0.15) is 0 Å². The van der Waals surface area contributed by atoms with Crippen molar-refractivity contribution in [1.29, 1.82) is 0 Å². The van der Waals surface area contributed by atoms with Crippen LogP contribution in [0, 0.1) is 19.7 Å². The van der Waals surface area contributed by atoms with Gasteiger partial charge in [0.05, 0.1) is 12.1 Å². The summed E-state index contributed by atoms with van der Waals surface area (Å²) in [5.41, 5.74) is 6.53. The molecule has 0 amide bonds. The molecule has 0 atom stereocenters. The fourth-order valence-electron chi connectivity index (χ4n) is 4.05. The van der Waals surface area contributed by atoms with E-state index in [2.05, 4.69) is 29.4 Å². The number of aromatic amines is 1. The summed E-state index contributed by atoms with van der Waals surface area (Å²) < 4.78 is 13.5. The van der Waals surface area contributed by atoms with Crippen LogP contribution in [0.15, 0.2) is 71.5 Å². The van der Waals surface area contributed by atoms with Crippen LogP contribution in [0.2, 0.25) is 0 Å². The van der Waals surface area contributed by atoms with E-state index in [4.69, 9.17) is 12.2 Å². The lowest BCUT2D eigenvalue weighted by Crippen LogP contribution is -2.35. The van der Waals surface area contributed by atoms with Gasteiger partial charge in [0.2, 0.25) is 0 Å². The van der Waals surface area contributed by atoms with Crippen molar-refractivity contribution in [2.75, 3.05) is 5.32 Å². The van der Waals surface area contributed by atoms with E-state index < -0.39 is 0 Å². The molecule has 1 aromatic heterocycles. The quantitative estimate of drug-likeness (QED) is 0.325. The van der Waals surface area contributed by atoms with Crippen LogP contribution in [0.1, 0.15) is 34.7 Å². The van der Waals surface area contributed by atoms with Crippen molar-refractivity contribution >= 4 is 33.9 Å². The van der Waals surface area contributed by atoms with Crippen LogP contribution < -0.4 is 10.9 Å². The summed E-state index contributed by atoms with van der Waals surface area (Å²) in [7, 11) is 0. The summed E-state index contributed by atoms with van der Waals surface area (Å²) in [6.45, 7) is 6.89. The number of para-hydroxylation sites is 1. The number of aromatic nitrogens is 1. The SMILES string of the molecule is CCc1ccccc1NC(=S)N(Cc1ccc(F)cc1)Cc1cc2ccc(C)c(C)c2[nH]c1=O. The van der Waals surface area contributed by atoms with Crippen LogP contribution in [0.3, 0.4) is 0 Å². The molecule has 2 N–H and O–H groups in total. The largest absolute Gasteiger partial charge is 0.340 e. The summed E-state index contributed by atoms with van der Waals surface area (Å²) in [4.78, 5) is 18.0. The van der Waals surface area contributed by atoms with E-state index in [1.165, 1.54) is 12.1 Å². The molecule has 0 radical (unpaired) electrons. The van der Waals surface area contributed by atoms with Gasteiger partial charge in [-0.3, -0.25) is 4.79 Å². The highest BCUT2D eigenvalue weighted by molar-refractivity contribution is 7.80. The molecule has 34 heavy (non-hydrogen) atoms. The first-order chi connectivity index (χ1) is 16.4. The van der Waals surface area contributed by atoms with Crippen LogP contribution in [-0.2, 0) is 19.5 Å². The molecule has 174 valence electrons. The van der Waals surface area contributed by atoms with Crippen molar-refractivity contribution in [3.8, 4) is 0 Å². The molecule has 0 aliphatic carbocycles. The molecular weight excluding hydrogens is 445 g/mol. The molecule has 0 bridgehead atoms. The molecule has 0 saturated carbocycles. The lowest BCUT2D eigenvalue weighted by Gasteiger charge is -2.27. The molecule has 6 heteroatoms. The average molecular weight is 474 g/mol. The number of anilines is 1. The number of fused-ring (bicyclic) bond motifs is 1. The normalized spacial score (nSPS) is 10.9. The van der Waals surface area contributed by atoms with Crippen LogP contribution in [-0.4, -0.2) is 15.0 Å². The Kier molecular flexibility index (Phi) is 7.08. The van der Waals surface area contributed by atoms with Gasteiger partial charge in [0.1, 0.15) is 5.82 Å². The van der Waals surface area contributed by atoms with Crippen molar-refractivity contribution in [2.45, 2.75) is 40.3 Å². The predicted octanol–water partition coefficient (Wildman–Crippen LogP) is 6.25. The number of rotatable bonds is 6. The summed E-state index contributed by atoms with van der Waals surface area (Å²) in [5, 5.41) is 4.84. The predicted molar refractivity (Wildman–Crippen MR) is 142 cm³/mol. The zero-order valence-corrected chi connectivity index (χ0v) is 20.4. The lowest BCUT2D eigenvalue weighted by atomic mass is 10.0. The van der Waals surface area contributed by atoms with Crippen molar-refractivity contribution in [3.63, 3.8) is 0 Å². The zero-order valence-electron chi connectivity index (χ0n) is 19.6. The number of hydrogen-bond acceptors (Lipinski definition) is 2. The molecule has 4 nitrogen and oxygen atoms in total. The van der Waals surface area contributed by atoms with E-state index in [1.807, 2.05) is 49.1 Å². The minimum Gasteiger partial charge on any atom is -0.340 e. The van der Waals surface area contributed by atoms with E-state index in [1.54, 1.807) is 12.1 Å². The van der Waals surface area contributed by atoms with Gasteiger partial charge in [0, 0.05) is 17.8 Å². The first kappa shape index (κ1) is 23.6. The number of nitrogens with zero attached hydrogens (tertiary/aromatic N) is 1. The third-order valence-electron chi connectivity index (χ3n) is 6.20. The Morgan fingerprint density at radius 1 is 1.00 bits per heavy atom. The standard InChI is InChI=1S/C28H28FN3OS/c1-4-21-7-5-6-8-25(21)30-28(34)32(16-20-10-13-24(29)14-11-20)17-23-15-22-12-9-18(2)19(3)26(22)31-27(23)33/h5-15H,4,16-17H2,1-3H3,(H,30,34)(H,31,33). The topological polar surface area (TPSA) is 48.1 Å². The minimum absolute atomic E-state index is 0.137. The molecule has 0 fully saturated rings. The van der Waals surface area contributed by atoms with Crippen LogP contribution >= 0.6 is 12.2 Å². The molecule has 0 saturated heterocycles. The Morgan fingerprint density at radius 3 is 2.47 bits per heavy atom. The van der Waals surface area contributed by atoms with Crippen molar-refractivity contribution in [1.82, 2.24) is 9.88 Å². The van der Waals surface area contributed by atoms with E-state index in [9.17, 15) is 9.18 Å². The molecule has 0 aliphatic heterocycles. The summed E-state index contributed by atoms with van der Waals surface area (Å²) >= 11 is 5.79. The van der Waals surface area contributed by atoms with E-state index >= 15 is 0 Å². The third-order valence-corrected chi connectivity index (χ3v) is 6.56. The Hall–Kier alpha value is -3.51. The molecular formula is C28H28FN3OS. The Morgan fingerprint density at radius 2 is 1.74 bits per heavy atom. The second-order valence-corrected chi connectivity index (χ2v) is 8.91. The zero-order chi connectivity index (χ0) is 24.2. The van der Waals surface area contributed by atoms with E-state index in [0.29, 0.717) is 23.8 Å². The van der Waals surface area contributed by atoms with Gasteiger partial charge >= 0.3 is 0 Å². The minimum atomic E-state index is -0.287. The molecule has 3 aromatic carbocycles. The Balaban J connectivity index is 1.68. The molecule has 4 aromatic rings. The Bertz CT molecular complexity index is 1400. The van der Waals surface area contributed by atoms with Gasteiger partial charge in [-0.05, 0) is 84.4 Å². The first-order valence-electron chi connectivity index (χ1n) is 11.4. The van der Waals surface area contributed by atoms with Crippen molar-refractivity contribution < 1.29 is 4.39 Å². The second-order valence-electron chi connectivity index (χ2n) is 8.52. The highest BCUT2D eigenvalue weighted by Crippen LogP contribution is 2.21.